The summed E-state index contributed by atoms with van der Waals surface area (Å²) in [5, 5.41) is 3.50. The van der Waals surface area contributed by atoms with Crippen molar-refractivity contribution in [1.82, 2.24) is 5.32 Å². The largest absolute Gasteiger partial charge is 0.315 e. The van der Waals surface area contributed by atoms with E-state index >= 15 is 0 Å². The van der Waals surface area contributed by atoms with Gasteiger partial charge in [0, 0.05) is 20.9 Å². The predicted molar refractivity (Wildman–Crippen MR) is 91.8 cm³/mol. The summed E-state index contributed by atoms with van der Waals surface area (Å²) in [5.41, 5.74) is 1.30. The van der Waals surface area contributed by atoms with Gasteiger partial charge in [-0.15, -0.1) is 11.3 Å². The molecule has 21 heavy (non-hydrogen) atoms. The minimum Gasteiger partial charge on any atom is -0.315 e. The van der Waals surface area contributed by atoms with Crippen molar-refractivity contribution in [3.63, 3.8) is 0 Å². The average molecular weight is 410 g/mol. The van der Waals surface area contributed by atoms with Crippen LogP contribution in [0.4, 0.5) is 5.69 Å². The van der Waals surface area contributed by atoms with Gasteiger partial charge in [0.2, 0.25) is 0 Å². The maximum Gasteiger partial charge on any atom is 0.271 e. The highest BCUT2D eigenvalue weighted by atomic mass is 79.9. The van der Waals surface area contributed by atoms with E-state index in [1.807, 2.05) is 14.0 Å². The molecule has 1 heterocycles. The van der Waals surface area contributed by atoms with Crippen LogP contribution in [0, 0.1) is 6.92 Å². The van der Waals surface area contributed by atoms with Crippen LogP contribution < -0.4 is 10.0 Å². The first-order valence-electron chi connectivity index (χ1n) is 6.05. The molecule has 0 aliphatic heterocycles. The Morgan fingerprint density at radius 3 is 2.71 bits per heavy atom. The Labute approximate surface area is 141 Å². The Hall–Kier alpha value is -0.600. The van der Waals surface area contributed by atoms with E-state index < -0.39 is 10.0 Å². The summed E-state index contributed by atoms with van der Waals surface area (Å²) in [6.45, 7) is 2.49. The lowest BCUT2D eigenvalue weighted by molar-refractivity contribution is 0.603. The fourth-order valence-electron chi connectivity index (χ4n) is 1.69. The molecule has 0 fully saturated rings. The topological polar surface area (TPSA) is 58.2 Å². The van der Waals surface area contributed by atoms with Crippen LogP contribution >= 0.6 is 38.9 Å². The van der Waals surface area contributed by atoms with Crippen molar-refractivity contribution in [3.8, 4) is 0 Å². The summed E-state index contributed by atoms with van der Waals surface area (Å²) in [7, 11) is -1.79. The molecule has 0 amide bonds. The van der Waals surface area contributed by atoms with E-state index in [1.54, 1.807) is 24.3 Å². The van der Waals surface area contributed by atoms with E-state index in [2.05, 4.69) is 26.0 Å². The molecule has 0 aliphatic rings. The summed E-state index contributed by atoms with van der Waals surface area (Å²) < 4.78 is 28.2. The zero-order valence-corrected chi connectivity index (χ0v) is 15.4. The fraction of sp³-hybridized carbons (Fsp3) is 0.231. The van der Waals surface area contributed by atoms with Gasteiger partial charge >= 0.3 is 0 Å². The number of hydrogen-bond acceptors (Lipinski definition) is 4. The Morgan fingerprint density at radius 1 is 1.33 bits per heavy atom. The molecule has 0 saturated carbocycles. The molecule has 2 aromatic rings. The lowest BCUT2D eigenvalue weighted by Gasteiger charge is -2.10. The van der Waals surface area contributed by atoms with Crippen LogP contribution in [0.1, 0.15) is 10.4 Å². The van der Waals surface area contributed by atoms with Crippen LogP contribution in [0.3, 0.4) is 0 Å². The first-order valence-corrected chi connectivity index (χ1v) is 9.52. The fourth-order valence-corrected chi connectivity index (χ4v) is 4.98. The van der Waals surface area contributed by atoms with E-state index in [1.165, 1.54) is 11.3 Å². The molecular weight excluding hydrogens is 396 g/mol. The van der Waals surface area contributed by atoms with Gasteiger partial charge in [0.15, 0.2) is 0 Å². The number of anilines is 1. The third kappa shape index (κ3) is 3.98. The van der Waals surface area contributed by atoms with Gasteiger partial charge in [-0.25, -0.2) is 8.42 Å². The van der Waals surface area contributed by atoms with E-state index in [9.17, 15) is 8.42 Å². The zero-order chi connectivity index (χ0) is 15.6. The third-order valence-electron chi connectivity index (χ3n) is 2.75. The molecule has 114 valence electrons. The maximum absolute atomic E-state index is 12.4. The van der Waals surface area contributed by atoms with Crippen molar-refractivity contribution in [2.75, 3.05) is 11.8 Å². The molecule has 4 nitrogen and oxygen atoms in total. The molecule has 0 spiro atoms. The van der Waals surface area contributed by atoms with Crippen LogP contribution in [-0.4, -0.2) is 15.5 Å². The number of thiophene rings is 1. The molecule has 1 aromatic heterocycles. The van der Waals surface area contributed by atoms with Gasteiger partial charge in [-0.05, 0) is 59.7 Å². The second-order valence-corrected chi connectivity index (χ2v) is 8.78. The standard InChI is InChI=1S/C13H14BrClN2O2S2/c1-8-5-10(14)12(6-11(8)15)17-21(18,19)13-4-3-9(20-13)7-16-2/h3-6,16-17H,7H2,1-2H3. The Morgan fingerprint density at radius 2 is 2.05 bits per heavy atom. The summed E-state index contributed by atoms with van der Waals surface area (Å²) in [5.74, 6) is 0. The van der Waals surface area contributed by atoms with Crippen LogP contribution in [0.15, 0.2) is 32.9 Å². The summed E-state index contributed by atoms with van der Waals surface area (Å²) in [6.07, 6.45) is 0. The maximum atomic E-state index is 12.4. The second-order valence-electron chi connectivity index (χ2n) is 4.44. The quantitative estimate of drug-likeness (QED) is 0.785. The highest BCUT2D eigenvalue weighted by Crippen LogP contribution is 2.32. The molecule has 2 rings (SSSR count). The molecule has 0 radical (unpaired) electrons. The predicted octanol–water partition coefficient (Wildman–Crippen LogP) is 3.99. The first-order chi connectivity index (χ1) is 9.83. The first kappa shape index (κ1) is 16.8. The number of rotatable bonds is 5. The molecule has 0 atom stereocenters. The number of sulfonamides is 1. The van der Waals surface area contributed by atoms with Crippen molar-refractivity contribution < 1.29 is 8.42 Å². The Kier molecular flexibility index (Phi) is 5.32. The molecular formula is C13H14BrClN2O2S2. The second kappa shape index (κ2) is 6.66. The van der Waals surface area contributed by atoms with E-state index in [4.69, 9.17) is 11.6 Å². The van der Waals surface area contributed by atoms with Crippen LogP contribution in [0.25, 0.3) is 0 Å². The van der Waals surface area contributed by atoms with E-state index in [0.717, 1.165) is 10.4 Å². The molecule has 1 aromatic carbocycles. The average Bonchev–Trinajstić information content (AvgIpc) is 2.86. The van der Waals surface area contributed by atoms with Gasteiger partial charge in [-0.3, -0.25) is 4.72 Å². The van der Waals surface area contributed by atoms with E-state index in [-0.39, 0.29) is 4.21 Å². The van der Waals surface area contributed by atoms with Crippen LogP contribution in [-0.2, 0) is 16.6 Å². The van der Waals surface area contributed by atoms with Crippen molar-refractivity contribution in [2.45, 2.75) is 17.7 Å². The van der Waals surface area contributed by atoms with Crippen molar-refractivity contribution in [2.24, 2.45) is 0 Å². The number of halogens is 2. The van der Waals surface area contributed by atoms with Gasteiger partial charge in [-0.1, -0.05) is 11.6 Å². The lowest BCUT2D eigenvalue weighted by atomic mass is 10.2. The monoisotopic (exact) mass is 408 g/mol. The molecule has 0 bridgehead atoms. The lowest BCUT2D eigenvalue weighted by Crippen LogP contribution is -2.12. The van der Waals surface area contributed by atoms with Crippen LogP contribution in [0.2, 0.25) is 5.02 Å². The van der Waals surface area contributed by atoms with Crippen molar-refractivity contribution >= 4 is 54.6 Å². The van der Waals surface area contributed by atoms with Gasteiger partial charge in [0.05, 0.1) is 5.69 Å². The number of nitrogens with one attached hydrogen (secondary N) is 2. The highest BCUT2D eigenvalue weighted by molar-refractivity contribution is 9.10. The third-order valence-corrected chi connectivity index (χ3v) is 6.75. The molecule has 0 saturated heterocycles. The number of benzene rings is 1. The van der Waals surface area contributed by atoms with Gasteiger partial charge in [-0.2, -0.15) is 0 Å². The summed E-state index contributed by atoms with van der Waals surface area (Å²) >= 11 is 10.6. The van der Waals surface area contributed by atoms with Gasteiger partial charge in [0.25, 0.3) is 10.0 Å². The molecule has 2 N–H and O–H groups in total. The SMILES string of the molecule is CNCc1ccc(S(=O)(=O)Nc2cc(Cl)c(C)cc2Br)s1. The van der Waals surface area contributed by atoms with Crippen molar-refractivity contribution in [1.29, 1.82) is 0 Å². The summed E-state index contributed by atoms with van der Waals surface area (Å²) in [6, 6.07) is 6.78. The minimum absolute atomic E-state index is 0.274. The zero-order valence-electron chi connectivity index (χ0n) is 11.4. The Balaban J connectivity index is 2.30. The smallest absolute Gasteiger partial charge is 0.271 e. The number of aryl methyl sites for hydroxylation is 1. The minimum atomic E-state index is -3.61. The number of hydrogen-bond donors (Lipinski definition) is 2. The van der Waals surface area contributed by atoms with E-state index in [0.29, 0.717) is 21.7 Å². The molecule has 0 unspecified atom stereocenters. The van der Waals surface area contributed by atoms with Crippen LogP contribution in [0.5, 0.6) is 0 Å². The molecule has 0 aliphatic carbocycles. The molecule has 8 heteroatoms. The normalized spacial score (nSPS) is 11.6. The van der Waals surface area contributed by atoms with Gasteiger partial charge in [0.1, 0.15) is 4.21 Å². The Bertz CT molecular complexity index is 760. The highest BCUT2D eigenvalue weighted by Gasteiger charge is 2.18. The summed E-state index contributed by atoms with van der Waals surface area (Å²) in [4.78, 5) is 0.957. The van der Waals surface area contributed by atoms with Gasteiger partial charge < -0.3 is 5.32 Å². The van der Waals surface area contributed by atoms with Crippen molar-refractivity contribution in [3.05, 3.63) is 44.2 Å².